The summed E-state index contributed by atoms with van der Waals surface area (Å²) in [7, 11) is 0. The van der Waals surface area contributed by atoms with Crippen LogP contribution >= 0.6 is 38.7 Å². The van der Waals surface area contributed by atoms with Crippen molar-refractivity contribution in [1.82, 2.24) is 9.80 Å². The standard InChI is InChI=1S/C25H30N4.2HI.Pt/c1-18-11-20(3)24(21(4)12-18)28-9-7-26(16-28)15-27-8-10-29(17-27)25-22(5)13-19(2)14-23(25)6;;;/h7-14,16-17H,15H2,1-6H3;2*1H;/q-2;;;+4/p-2. The Morgan fingerprint density at radius 3 is 1.25 bits per heavy atom. The molecule has 4 rings (SSSR count). The van der Waals surface area contributed by atoms with Crippen molar-refractivity contribution in [3.63, 3.8) is 0 Å². The van der Waals surface area contributed by atoms with Gasteiger partial charge in [0, 0.05) is 18.0 Å². The molecule has 2 aromatic carbocycles. The van der Waals surface area contributed by atoms with Crippen LogP contribution in [0.2, 0.25) is 0 Å². The van der Waals surface area contributed by atoms with Gasteiger partial charge in [-0.1, -0.05) is 35.4 Å². The van der Waals surface area contributed by atoms with Gasteiger partial charge >= 0.3 is 49.9 Å². The number of rotatable bonds is 4. The molecule has 0 spiro atoms. The van der Waals surface area contributed by atoms with E-state index in [4.69, 9.17) is 0 Å². The van der Waals surface area contributed by atoms with Gasteiger partial charge in [0.05, 0.1) is 0 Å². The van der Waals surface area contributed by atoms with Crippen LogP contribution in [0.4, 0.5) is 11.4 Å². The van der Waals surface area contributed by atoms with Crippen molar-refractivity contribution in [2.75, 3.05) is 16.5 Å². The predicted molar refractivity (Wildman–Crippen MR) is 150 cm³/mol. The van der Waals surface area contributed by atoms with E-state index >= 15 is 0 Å². The second-order valence-corrected chi connectivity index (χ2v) is 24.9. The second-order valence-electron chi connectivity index (χ2n) is 8.35. The number of hydrogen-bond acceptors (Lipinski definition) is 4. The first-order valence-electron chi connectivity index (χ1n) is 10.4. The topological polar surface area (TPSA) is 13.0 Å². The Bertz CT molecular complexity index is 895. The average molecular weight is 835 g/mol. The molecule has 2 aliphatic heterocycles. The van der Waals surface area contributed by atoms with Crippen molar-refractivity contribution in [3.05, 3.63) is 95.8 Å². The molecule has 0 radical (unpaired) electrons. The molecule has 0 unspecified atom stereocenters. The zero-order chi connectivity index (χ0) is 23.4. The van der Waals surface area contributed by atoms with Gasteiger partial charge < -0.3 is 19.6 Å². The van der Waals surface area contributed by atoms with Crippen LogP contribution in [0.15, 0.2) is 49.1 Å². The van der Waals surface area contributed by atoms with E-state index in [1.54, 1.807) is 0 Å². The molecule has 4 nitrogen and oxygen atoms in total. The summed E-state index contributed by atoms with van der Waals surface area (Å²) in [5.41, 5.74) is 10.3. The van der Waals surface area contributed by atoms with Crippen LogP contribution in [0.3, 0.4) is 0 Å². The van der Waals surface area contributed by atoms with Crippen molar-refractivity contribution in [2.24, 2.45) is 0 Å². The van der Waals surface area contributed by atoms with Gasteiger partial charge in [-0.2, -0.15) is 0 Å². The molecule has 7 heteroatoms. The molecule has 0 N–H and O–H groups in total. The predicted octanol–water partition coefficient (Wildman–Crippen LogP) is 7.39. The van der Waals surface area contributed by atoms with Crippen molar-refractivity contribution in [2.45, 2.75) is 41.5 Å². The second kappa shape index (κ2) is 11.6. The Morgan fingerprint density at radius 1 is 0.625 bits per heavy atom. The Hall–Kier alpha value is -0.732. The Balaban J connectivity index is 0.000000913. The van der Waals surface area contributed by atoms with Crippen molar-refractivity contribution in [1.29, 1.82) is 0 Å². The van der Waals surface area contributed by atoms with Crippen LogP contribution in [-0.4, -0.2) is 16.5 Å². The number of anilines is 2. The fraction of sp³-hybridized carbons (Fsp3) is 0.280. The molecule has 174 valence electrons. The van der Waals surface area contributed by atoms with E-state index in [1.807, 2.05) is 0 Å². The van der Waals surface area contributed by atoms with E-state index in [1.165, 1.54) is 44.8 Å². The van der Waals surface area contributed by atoms with E-state index in [9.17, 15) is 0 Å². The number of nitrogens with zero attached hydrogens (tertiary/aromatic N) is 4. The number of benzene rings is 2. The first-order valence-corrected chi connectivity index (χ1v) is 23.2. The molecular formula is C25H30I2N4Pt. The minimum absolute atomic E-state index is 0.523. The van der Waals surface area contributed by atoms with Crippen LogP contribution < -0.4 is 9.80 Å². The SMILES string of the molecule is Cc1cc(C)c(N2C=CN(CN3C=CN(c4c(C)cc(C)cc4C)[CH-]3)[CH-]2)c(C)c1.[I][Pt+2][I]. The molecule has 0 aliphatic carbocycles. The molecule has 0 bridgehead atoms. The monoisotopic (exact) mass is 835 g/mol. The molecule has 0 saturated carbocycles. The third-order valence-corrected chi connectivity index (χ3v) is 5.50. The third kappa shape index (κ3) is 6.23. The molecule has 0 atom stereocenters. The Morgan fingerprint density at radius 2 is 0.938 bits per heavy atom. The normalized spacial score (nSPS) is 15.1. The third-order valence-electron chi connectivity index (χ3n) is 5.50. The van der Waals surface area contributed by atoms with Crippen LogP contribution in [0.1, 0.15) is 33.4 Å². The van der Waals surface area contributed by atoms with Crippen LogP contribution in [-0.2, 0) is 11.2 Å². The molecule has 0 saturated heterocycles. The van der Waals surface area contributed by atoms with E-state index in [-0.39, 0.29) is 0 Å². The molecule has 2 aliphatic rings. The molecule has 0 aromatic heterocycles. The van der Waals surface area contributed by atoms with Gasteiger partial charge in [-0.15, -0.1) is 13.3 Å². The zero-order valence-electron chi connectivity index (χ0n) is 19.3. The summed E-state index contributed by atoms with van der Waals surface area (Å²) in [4.78, 5) is 8.85. The van der Waals surface area contributed by atoms with Crippen LogP contribution in [0, 0.1) is 54.9 Å². The van der Waals surface area contributed by atoms with E-state index in [0.717, 1.165) is 6.67 Å². The fourth-order valence-electron chi connectivity index (χ4n) is 4.57. The fourth-order valence-corrected chi connectivity index (χ4v) is 4.57. The van der Waals surface area contributed by atoms with E-state index < -0.39 is 0 Å². The first-order chi connectivity index (χ1) is 15.2. The summed E-state index contributed by atoms with van der Waals surface area (Å²) in [5, 5.41) is 0. The van der Waals surface area contributed by atoms with Gasteiger partial charge in [0.1, 0.15) is 0 Å². The van der Waals surface area contributed by atoms with Gasteiger partial charge in [-0.3, -0.25) is 0 Å². The Kier molecular flexibility index (Phi) is 9.39. The van der Waals surface area contributed by atoms with Crippen molar-refractivity contribution in [3.8, 4) is 0 Å². The number of aryl methyl sites for hydroxylation is 6. The van der Waals surface area contributed by atoms with Gasteiger partial charge in [0.2, 0.25) is 0 Å². The number of hydrogen-bond donors (Lipinski definition) is 0. The zero-order valence-corrected chi connectivity index (χ0v) is 25.9. The summed E-state index contributed by atoms with van der Waals surface area (Å²) in [6.45, 7) is 18.1. The van der Waals surface area contributed by atoms with Gasteiger partial charge in [0.25, 0.3) is 0 Å². The average Bonchev–Trinajstić information content (AvgIpc) is 3.31. The van der Waals surface area contributed by atoms with E-state index in [2.05, 4.69) is 162 Å². The minimum atomic E-state index is 0.523. The van der Waals surface area contributed by atoms with Crippen LogP contribution in [0.5, 0.6) is 0 Å². The van der Waals surface area contributed by atoms with Gasteiger partial charge in [-0.05, 0) is 88.6 Å². The maximum absolute atomic E-state index is 2.39. The summed E-state index contributed by atoms with van der Waals surface area (Å²) < 4.78 is 0. The molecule has 2 aromatic rings. The van der Waals surface area contributed by atoms with Crippen molar-refractivity contribution < 1.29 is 11.2 Å². The molecule has 2 heterocycles. The molecule has 0 fully saturated rings. The molecular weight excluding hydrogens is 805 g/mol. The summed E-state index contributed by atoms with van der Waals surface area (Å²) in [6, 6.07) is 8.98. The Labute approximate surface area is 222 Å². The molecule has 0 amide bonds. The van der Waals surface area contributed by atoms with Gasteiger partial charge in [0.15, 0.2) is 0 Å². The van der Waals surface area contributed by atoms with Crippen LogP contribution in [0.25, 0.3) is 0 Å². The number of halogens is 2. The summed E-state index contributed by atoms with van der Waals surface area (Å²) in [6.07, 6.45) is 8.53. The quantitative estimate of drug-likeness (QED) is 0.236. The summed E-state index contributed by atoms with van der Waals surface area (Å²) in [5.74, 6) is 0. The van der Waals surface area contributed by atoms with Crippen molar-refractivity contribution >= 4 is 50.1 Å². The van der Waals surface area contributed by atoms with Gasteiger partial charge in [-0.25, -0.2) is 0 Å². The molecule has 32 heavy (non-hydrogen) atoms. The maximum atomic E-state index is 2.39. The summed E-state index contributed by atoms with van der Waals surface area (Å²) >= 11 is 5.30. The van der Waals surface area contributed by atoms with E-state index in [0.29, 0.717) is 11.2 Å². The first kappa shape index (κ1) is 25.9.